The maximum atomic E-state index is 2.33. The van der Waals surface area contributed by atoms with Gasteiger partial charge in [0.25, 0.3) is 0 Å². The van der Waals surface area contributed by atoms with Gasteiger partial charge in [-0.2, -0.15) is 4.57 Å². The average Bonchev–Trinajstić information content (AvgIpc) is 2.50. The first-order valence-corrected chi connectivity index (χ1v) is 6.70. The van der Waals surface area contributed by atoms with Crippen LogP contribution in [0.5, 0.6) is 0 Å². The predicted octanol–water partition coefficient (Wildman–Crippen LogP) is 3.73. The molecule has 0 bridgehead atoms. The van der Waals surface area contributed by atoms with Crippen LogP contribution in [0, 0.1) is 0 Å². The third kappa shape index (κ3) is 2.37. The minimum atomic E-state index is 0.0412. The molecule has 1 atom stereocenters. The fourth-order valence-electron chi connectivity index (χ4n) is 2.50. The number of benzene rings is 1. The van der Waals surface area contributed by atoms with E-state index in [0.717, 1.165) is 6.42 Å². The number of rotatable bonds is 2. The summed E-state index contributed by atoms with van der Waals surface area (Å²) < 4.78 is 2.27. The van der Waals surface area contributed by atoms with Crippen molar-refractivity contribution in [3.8, 4) is 0 Å². The lowest BCUT2D eigenvalue weighted by Gasteiger charge is -2.23. The molecule has 94 valence electrons. The number of allylic oxidation sites excluding steroid dienone is 4. The second kappa shape index (κ2) is 4.85. The van der Waals surface area contributed by atoms with Crippen LogP contribution in [0.3, 0.4) is 0 Å². The Hall–Kier alpha value is -2.15. The van der Waals surface area contributed by atoms with E-state index in [0.29, 0.717) is 0 Å². The van der Waals surface area contributed by atoms with Crippen LogP contribution >= 0.6 is 0 Å². The Balaban J connectivity index is 1.87. The zero-order chi connectivity index (χ0) is 13.1. The molecule has 1 nitrogen and oxygen atoms in total. The molecule has 1 heteroatoms. The van der Waals surface area contributed by atoms with Crippen LogP contribution in [0.1, 0.15) is 18.9 Å². The molecule has 1 aromatic carbocycles. The lowest BCUT2D eigenvalue weighted by atomic mass is 9.88. The Morgan fingerprint density at radius 3 is 2.26 bits per heavy atom. The van der Waals surface area contributed by atoms with Crippen molar-refractivity contribution < 1.29 is 4.57 Å². The Morgan fingerprint density at radius 1 is 0.947 bits per heavy atom. The Morgan fingerprint density at radius 2 is 1.63 bits per heavy atom. The zero-order valence-corrected chi connectivity index (χ0v) is 11.2. The van der Waals surface area contributed by atoms with Gasteiger partial charge in [0.05, 0.1) is 0 Å². The van der Waals surface area contributed by atoms with E-state index >= 15 is 0 Å². The normalized spacial score (nSPS) is 22.1. The van der Waals surface area contributed by atoms with Crippen molar-refractivity contribution >= 4 is 5.57 Å². The van der Waals surface area contributed by atoms with Crippen LogP contribution in [0.4, 0.5) is 0 Å². The molecule has 0 fully saturated rings. The second-order valence-corrected chi connectivity index (χ2v) is 5.20. The fraction of sp³-hybridized carbons (Fsp3) is 0.167. The topological polar surface area (TPSA) is 3.88 Å². The van der Waals surface area contributed by atoms with Gasteiger partial charge in [0, 0.05) is 25.5 Å². The summed E-state index contributed by atoms with van der Waals surface area (Å²) in [5.41, 5.74) is 2.65. The van der Waals surface area contributed by atoms with Crippen molar-refractivity contribution in [2.75, 3.05) is 0 Å². The molecule has 1 unspecified atom stereocenters. The average molecular weight is 248 g/mol. The molecule has 3 rings (SSSR count). The summed E-state index contributed by atoms with van der Waals surface area (Å²) in [4.78, 5) is 0. The molecule has 0 amide bonds. The quantitative estimate of drug-likeness (QED) is 0.713. The monoisotopic (exact) mass is 248 g/mol. The summed E-state index contributed by atoms with van der Waals surface area (Å²) in [5, 5.41) is 0. The van der Waals surface area contributed by atoms with E-state index in [9.17, 15) is 0 Å². The third-order valence-electron chi connectivity index (χ3n) is 3.77. The van der Waals surface area contributed by atoms with Crippen molar-refractivity contribution in [1.82, 2.24) is 0 Å². The van der Waals surface area contributed by atoms with Crippen molar-refractivity contribution in [2.24, 2.45) is 0 Å². The first-order chi connectivity index (χ1) is 9.28. The van der Waals surface area contributed by atoms with E-state index in [1.807, 2.05) is 0 Å². The van der Waals surface area contributed by atoms with E-state index in [1.165, 1.54) is 11.1 Å². The summed E-state index contributed by atoms with van der Waals surface area (Å²) in [5.74, 6) is 0. The second-order valence-electron chi connectivity index (χ2n) is 5.20. The molecule has 1 heterocycles. The van der Waals surface area contributed by atoms with Gasteiger partial charge in [-0.25, -0.2) is 0 Å². The zero-order valence-electron chi connectivity index (χ0n) is 11.2. The molecule has 0 spiro atoms. The summed E-state index contributed by atoms with van der Waals surface area (Å²) in [7, 11) is 0. The summed E-state index contributed by atoms with van der Waals surface area (Å²) in [6.07, 6.45) is 12.1. The number of nitrogens with zero attached hydrogens (tertiary/aromatic N) is 1. The van der Waals surface area contributed by atoms with Crippen LogP contribution < -0.4 is 4.57 Å². The third-order valence-corrected chi connectivity index (χ3v) is 3.77. The predicted molar refractivity (Wildman–Crippen MR) is 78.5 cm³/mol. The number of pyridine rings is 1. The van der Waals surface area contributed by atoms with Crippen LogP contribution in [-0.4, -0.2) is 0 Å². The Bertz CT molecular complexity index is 611. The van der Waals surface area contributed by atoms with Gasteiger partial charge in [0.2, 0.25) is 0 Å². The lowest BCUT2D eigenvalue weighted by Crippen LogP contribution is -2.52. The molecule has 0 radical (unpaired) electrons. The van der Waals surface area contributed by atoms with Gasteiger partial charge < -0.3 is 0 Å². The highest BCUT2D eigenvalue weighted by atomic mass is 15.0. The van der Waals surface area contributed by atoms with E-state index in [1.54, 1.807) is 0 Å². The molecule has 0 N–H and O–H groups in total. The van der Waals surface area contributed by atoms with E-state index < -0.39 is 0 Å². The largest absolute Gasteiger partial charge is 0.196 e. The van der Waals surface area contributed by atoms with Crippen LogP contribution in [0.25, 0.3) is 5.57 Å². The van der Waals surface area contributed by atoms with Crippen LogP contribution in [0.15, 0.2) is 79.2 Å². The molecule has 1 aliphatic rings. The molecule has 2 aromatic rings. The van der Waals surface area contributed by atoms with Gasteiger partial charge in [-0.05, 0) is 17.2 Å². The smallest absolute Gasteiger partial charge is 0.187 e. The van der Waals surface area contributed by atoms with E-state index in [4.69, 9.17) is 0 Å². The molecule has 1 aromatic heterocycles. The van der Waals surface area contributed by atoms with Gasteiger partial charge in [-0.15, -0.1) is 0 Å². The minimum absolute atomic E-state index is 0.0412. The molecule has 0 aliphatic heterocycles. The van der Waals surface area contributed by atoms with Crippen LogP contribution in [0.2, 0.25) is 0 Å². The highest BCUT2D eigenvalue weighted by Gasteiger charge is 2.31. The van der Waals surface area contributed by atoms with Gasteiger partial charge in [0.15, 0.2) is 17.9 Å². The van der Waals surface area contributed by atoms with Gasteiger partial charge in [-0.1, -0.05) is 48.6 Å². The van der Waals surface area contributed by atoms with Crippen molar-refractivity contribution in [1.29, 1.82) is 0 Å². The maximum absolute atomic E-state index is 2.33. The SMILES string of the molecule is CC1([n+]2ccccc2)C=CC(c2ccccc2)=CC1. The van der Waals surface area contributed by atoms with E-state index in [2.05, 4.69) is 90.6 Å². The molecular formula is C18H18N+. The van der Waals surface area contributed by atoms with Crippen molar-refractivity contribution in [2.45, 2.75) is 18.9 Å². The van der Waals surface area contributed by atoms with Gasteiger partial charge in [-0.3, -0.25) is 0 Å². The highest BCUT2D eigenvalue weighted by Crippen LogP contribution is 2.27. The summed E-state index contributed by atoms with van der Waals surface area (Å²) >= 11 is 0. The first kappa shape index (κ1) is 11.9. The number of hydrogen-bond donors (Lipinski definition) is 0. The summed E-state index contributed by atoms with van der Waals surface area (Å²) in [6, 6.07) is 16.8. The molecule has 19 heavy (non-hydrogen) atoms. The van der Waals surface area contributed by atoms with Crippen molar-refractivity contribution in [3.05, 3.63) is 84.7 Å². The van der Waals surface area contributed by atoms with Crippen LogP contribution in [-0.2, 0) is 5.54 Å². The molecule has 1 aliphatic carbocycles. The van der Waals surface area contributed by atoms with Gasteiger partial charge >= 0.3 is 0 Å². The minimum Gasteiger partial charge on any atom is -0.196 e. The molecule has 0 saturated carbocycles. The molecule has 0 saturated heterocycles. The lowest BCUT2D eigenvalue weighted by molar-refractivity contribution is -0.748. The van der Waals surface area contributed by atoms with Gasteiger partial charge in [0.1, 0.15) is 0 Å². The standard InChI is InChI=1S/C18H18N/c1-18(19-14-6-3-7-15-19)12-10-17(11-13-18)16-8-4-2-5-9-16/h2-12,14-15H,13H2,1H3/q+1. The Kier molecular flexibility index (Phi) is 3.04. The Labute approximate surface area is 114 Å². The maximum Gasteiger partial charge on any atom is 0.187 e. The first-order valence-electron chi connectivity index (χ1n) is 6.70. The fourth-order valence-corrected chi connectivity index (χ4v) is 2.50. The summed E-state index contributed by atoms with van der Waals surface area (Å²) in [6.45, 7) is 2.27. The molecular weight excluding hydrogens is 230 g/mol. The highest BCUT2D eigenvalue weighted by molar-refractivity contribution is 5.75. The van der Waals surface area contributed by atoms with Crippen molar-refractivity contribution in [3.63, 3.8) is 0 Å². The number of aromatic nitrogens is 1. The number of hydrogen-bond acceptors (Lipinski definition) is 0. The van der Waals surface area contributed by atoms with E-state index in [-0.39, 0.29) is 5.54 Å².